The summed E-state index contributed by atoms with van der Waals surface area (Å²) >= 11 is 0. The van der Waals surface area contributed by atoms with Gasteiger partial charge in [-0.05, 0) is 12.3 Å². The van der Waals surface area contributed by atoms with Crippen LogP contribution >= 0.6 is 0 Å². The highest BCUT2D eigenvalue weighted by Crippen LogP contribution is 2.41. The Hall–Kier alpha value is -3.09. The fourth-order valence-electron chi connectivity index (χ4n) is 2.50. The van der Waals surface area contributed by atoms with Gasteiger partial charge in [0.2, 0.25) is 0 Å². The zero-order valence-corrected chi connectivity index (χ0v) is 11.6. The van der Waals surface area contributed by atoms with Gasteiger partial charge in [-0.15, -0.1) is 0 Å². The van der Waals surface area contributed by atoms with E-state index in [1.165, 1.54) is 0 Å². The van der Waals surface area contributed by atoms with E-state index < -0.39 is 17.9 Å². The van der Waals surface area contributed by atoms with Crippen molar-refractivity contribution in [2.45, 2.75) is 6.92 Å². The quantitative estimate of drug-likeness (QED) is 0.581. The lowest BCUT2D eigenvalue weighted by atomic mass is 9.97. The first kappa shape index (κ1) is 13.9. The van der Waals surface area contributed by atoms with Crippen LogP contribution in [0, 0.1) is 0 Å². The van der Waals surface area contributed by atoms with Crippen LogP contribution in [0.4, 0.5) is 10.5 Å². The van der Waals surface area contributed by atoms with Gasteiger partial charge in [-0.1, -0.05) is 24.3 Å². The molecule has 0 spiro atoms. The molecule has 3 N–H and O–H groups in total. The van der Waals surface area contributed by atoms with Crippen LogP contribution in [-0.4, -0.2) is 29.6 Å². The van der Waals surface area contributed by atoms with E-state index in [1.54, 1.807) is 31.2 Å². The number of imide groups is 1. The molecule has 3 amide bonds. The van der Waals surface area contributed by atoms with E-state index in [9.17, 15) is 19.5 Å². The Labute approximate surface area is 124 Å². The third kappa shape index (κ3) is 1.95. The lowest BCUT2D eigenvalue weighted by molar-refractivity contribution is 0.0880. The second-order valence-corrected chi connectivity index (χ2v) is 4.65. The number of rotatable bonds is 2. The third-order valence-corrected chi connectivity index (χ3v) is 3.37. The maximum atomic E-state index is 12.0. The maximum Gasteiger partial charge on any atom is 0.411 e. The lowest BCUT2D eigenvalue weighted by Gasteiger charge is -2.13. The van der Waals surface area contributed by atoms with Gasteiger partial charge in [-0.2, -0.15) is 0 Å². The van der Waals surface area contributed by atoms with Gasteiger partial charge < -0.3 is 9.84 Å². The highest BCUT2D eigenvalue weighted by Gasteiger charge is 2.34. The Morgan fingerprint density at radius 3 is 2.50 bits per heavy atom. The number of fused-ring (bicyclic) bond motifs is 3. The number of nitrogens with one attached hydrogen (secondary N) is 2. The van der Waals surface area contributed by atoms with Crippen molar-refractivity contribution in [3.8, 4) is 5.75 Å². The molecule has 0 unspecified atom stereocenters. The summed E-state index contributed by atoms with van der Waals surface area (Å²) in [6, 6.07) is 6.59. The van der Waals surface area contributed by atoms with E-state index in [2.05, 4.69) is 10.6 Å². The molecule has 1 aliphatic rings. The van der Waals surface area contributed by atoms with E-state index in [1.807, 2.05) is 0 Å². The van der Waals surface area contributed by atoms with Gasteiger partial charge in [0, 0.05) is 5.39 Å². The van der Waals surface area contributed by atoms with Crippen molar-refractivity contribution in [3.05, 3.63) is 35.4 Å². The molecule has 3 rings (SSSR count). The van der Waals surface area contributed by atoms with Crippen molar-refractivity contribution in [2.75, 3.05) is 11.9 Å². The van der Waals surface area contributed by atoms with Gasteiger partial charge in [0.15, 0.2) is 0 Å². The predicted molar refractivity (Wildman–Crippen MR) is 78.1 cm³/mol. The first-order valence-electron chi connectivity index (χ1n) is 6.61. The van der Waals surface area contributed by atoms with E-state index >= 15 is 0 Å². The molecule has 112 valence electrons. The van der Waals surface area contributed by atoms with Crippen LogP contribution < -0.4 is 10.6 Å². The van der Waals surface area contributed by atoms with E-state index in [-0.39, 0.29) is 29.2 Å². The molecule has 0 bridgehead atoms. The van der Waals surface area contributed by atoms with Crippen LogP contribution in [0.15, 0.2) is 24.3 Å². The molecule has 0 atom stereocenters. The Kier molecular flexibility index (Phi) is 3.17. The molecule has 1 aliphatic heterocycles. The number of anilines is 1. The Balaban J connectivity index is 2.30. The Morgan fingerprint density at radius 2 is 1.82 bits per heavy atom. The molecule has 2 aromatic carbocycles. The third-order valence-electron chi connectivity index (χ3n) is 3.37. The minimum atomic E-state index is -0.817. The average molecular weight is 300 g/mol. The summed E-state index contributed by atoms with van der Waals surface area (Å²) in [4.78, 5) is 35.6. The van der Waals surface area contributed by atoms with E-state index in [4.69, 9.17) is 4.74 Å². The molecule has 1 heterocycles. The van der Waals surface area contributed by atoms with Crippen molar-refractivity contribution in [3.63, 3.8) is 0 Å². The molecule has 0 aromatic heterocycles. The molecule has 7 heteroatoms. The average Bonchev–Trinajstić information content (AvgIpc) is 2.78. The number of amides is 3. The van der Waals surface area contributed by atoms with E-state index in [0.29, 0.717) is 10.8 Å². The number of phenolic OH excluding ortho intramolecular Hbond substituents is 1. The van der Waals surface area contributed by atoms with Crippen molar-refractivity contribution in [1.29, 1.82) is 0 Å². The summed E-state index contributed by atoms with van der Waals surface area (Å²) in [5.41, 5.74) is -0.0602. The molecule has 0 radical (unpaired) electrons. The summed E-state index contributed by atoms with van der Waals surface area (Å²) in [5, 5.41) is 15.7. The topological polar surface area (TPSA) is 105 Å². The summed E-state index contributed by atoms with van der Waals surface area (Å²) < 4.78 is 4.76. The van der Waals surface area contributed by atoms with Gasteiger partial charge in [0.1, 0.15) is 11.4 Å². The minimum absolute atomic E-state index is 0.0609. The SMILES string of the molecule is CCOC(=O)Nc1c2c(c3ccccc3c1O)C(=O)NC2=O. The molecule has 22 heavy (non-hydrogen) atoms. The van der Waals surface area contributed by atoms with Gasteiger partial charge in [0.25, 0.3) is 11.8 Å². The van der Waals surface area contributed by atoms with Crippen LogP contribution in [0.3, 0.4) is 0 Å². The second-order valence-electron chi connectivity index (χ2n) is 4.65. The summed E-state index contributed by atoms with van der Waals surface area (Å²) in [7, 11) is 0. The predicted octanol–water partition coefficient (Wildman–Crippen LogP) is 2.00. The number of carbonyl (C=O) groups excluding carboxylic acids is 3. The highest BCUT2D eigenvalue weighted by atomic mass is 16.5. The minimum Gasteiger partial charge on any atom is -0.505 e. The first-order valence-corrected chi connectivity index (χ1v) is 6.61. The number of hydrogen-bond donors (Lipinski definition) is 3. The number of benzene rings is 2. The standard InChI is InChI=1S/C15H12N2O5/c1-2-22-15(21)16-11-10-9(13(19)17-14(10)20)7-5-3-4-6-8(7)12(11)18/h3-6,18H,2H2,1H3,(H,16,21)(H,17,19,20). The molecular weight excluding hydrogens is 288 g/mol. The van der Waals surface area contributed by atoms with Crippen molar-refractivity contribution < 1.29 is 24.2 Å². The summed E-state index contributed by atoms with van der Waals surface area (Å²) in [6.07, 6.45) is -0.817. The molecule has 2 aromatic rings. The zero-order valence-electron chi connectivity index (χ0n) is 11.6. The number of ether oxygens (including phenoxy) is 1. The highest BCUT2D eigenvalue weighted by molar-refractivity contribution is 6.30. The van der Waals surface area contributed by atoms with Gasteiger partial charge in [-0.25, -0.2) is 4.79 Å². The largest absolute Gasteiger partial charge is 0.505 e. The summed E-state index contributed by atoms with van der Waals surface area (Å²) in [6.45, 7) is 1.76. The maximum absolute atomic E-state index is 12.0. The Morgan fingerprint density at radius 1 is 1.18 bits per heavy atom. The smallest absolute Gasteiger partial charge is 0.411 e. The van der Waals surface area contributed by atoms with Gasteiger partial charge in [-0.3, -0.25) is 20.2 Å². The van der Waals surface area contributed by atoms with Crippen molar-refractivity contribution in [1.82, 2.24) is 5.32 Å². The molecule has 0 aliphatic carbocycles. The molecular formula is C15H12N2O5. The molecule has 0 fully saturated rings. The van der Waals surface area contributed by atoms with Gasteiger partial charge >= 0.3 is 6.09 Å². The van der Waals surface area contributed by atoms with Crippen LogP contribution in [0.5, 0.6) is 5.75 Å². The molecule has 0 saturated carbocycles. The number of hydrogen-bond acceptors (Lipinski definition) is 5. The van der Waals surface area contributed by atoms with Gasteiger partial charge in [0.05, 0.1) is 17.7 Å². The van der Waals surface area contributed by atoms with Crippen molar-refractivity contribution in [2.24, 2.45) is 0 Å². The Bertz CT molecular complexity index is 828. The number of phenols is 1. The van der Waals surface area contributed by atoms with Crippen LogP contribution in [-0.2, 0) is 4.74 Å². The van der Waals surface area contributed by atoms with E-state index in [0.717, 1.165) is 0 Å². The normalized spacial score (nSPS) is 13.0. The first-order chi connectivity index (χ1) is 10.5. The summed E-state index contributed by atoms with van der Waals surface area (Å²) in [5.74, 6) is -1.52. The molecule has 7 nitrogen and oxygen atoms in total. The molecule has 0 saturated heterocycles. The van der Waals surface area contributed by atoms with Crippen LogP contribution in [0.2, 0.25) is 0 Å². The number of aromatic hydroxyl groups is 1. The number of carbonyl (C=O) groups is 3. The monoisotopic (exact) mass is 300 g/mol. The van der Waals surface area contributed by atoms with Crippen LogP contribution in [0.25, 0.3) is 10.8 Å². The van der Waals surface area contributed by atoms with Crippen LogP contribution in [0.1, 0.15) is 27.6 Å². The fourth-order valence-corrected chi connectivity index (χ4v) is 2.50. The lowest BCUT2D eigenvalue weighted by Crippen LogP contribution is -2.21. The fraction of sp³-hybridized carbons (Fsp3) is 0.133. The van der Waals surface area contributed by atoms with Crippen molar-refractivity contribution >= 4 is 34.4 Å². The second kappa shape index (κ2) is 5.03. The zero-order chi connectivity index (χ0) is 15.9.